The minimum Gasteiger partial charge on any atom is -0.335 e. The lowest BCUT2D eigenvalue weighted by molar-refractivity contribution is 0.135. The van der Waals surface area contributed by atoms with E-state index in [-0.39, 0.29) is 6.03 Å². The van der Waals surface area contributed by atoms with Crippen LogP contribution in [0.1, 0.15) is 5.69 Å². The molecule has 1 fully saturated rings. The third-order valence-electron chi connectivity index (χ3n) is 4.09. The fourth-order valence-electron chi connectivity index (χ4n) is 2.71. The number of urea groups is 1. The van der Waals surface area contributed by atoms with Crippen molar-refractivity contribution in [3.63, 3.8) is 0 Å². The first kappa shape index (κ1) is 17.9. The molecule has 0 bridgehead atoms. The molecule has 7 heteroatoms. The Morgan fingerprint density at radius 1 is 1.28 bits per heavy atom. The van der Waals surface area contributed by atoms with Gasteiger partial charge in [0.2, 0.25) is 0 Å². The van der Waals surface area contributed by atoms with Crippen molar-refractivity contribution >= 4 is 29.0 Å². The highest BCUT2D eigenvalue weighted by molar-refractivity contribution is 7.13. The highest BCUT2D eigenvalue weighted by Gasteiger charge is 2.21. The van der Waals surface area contributed by atoms with Crippen molar-refractivity contribution in [2.45, 2.75) is 6.54 Å². The van der Waals surface area contributed by atoms with Gasteiger partial charge in [-0.25, -0.2) is 9.78 Å². The average Bonchev–Trinajstić information content (AvgIpc) is 3.09. The summed E-state index contributed by atoms with van der Waals surface area (Å²) in [4.78, 5) is 20.8. The van der Waals surface area contributed by atoms with Crippen LogP contribution < -0.4 is 5.32 Å². The predicted molar refractivity (Wildman–Crippen MR) is 103 cm³/mol. The van der Waals surface area contributed by atoms with Crippen LogP contribution in [0, 0.1) is 0 Å². The van der Waals surface area contributed by atoms with Gasteiger partial charge in [-0.15, -0.1) is 17.9 Å². The Kier molecular flexibility index (Phi) is 6.07. The summed E-state index contributed by atoms with van der Waals surface area (Å²) in [6.45, 7) is 8.11. The van der Waals surface area contributed by atoms with Crippen LogP contribution in [0.2, 0.25) is 5.02 Å². The summed E-state index contributed by atoms with van der Waals surface area (Å²) in [5, 5.41) is 6.67. The van der Waals surface area contributed by atoms with Crippen LogP contribution in [-0.4, -0.2) is 53.5 Å². The topological polar surface area (TPSA) is 48.5 Å². The molecule has 1 aromatic carbocycles. The van der Waals surface area contributed by atoms with E-state index in [1.165, 1.54) is 0 Å². The Balaban J connectivity index is 1.52. The SMILES string of the molecule is C=CCNC(=O)N1CCN(Cc2csc(-c3ccc(Cl)cc3)n2)CC1. The van der Waals surface area contributed by atoms with Crippen molar-refractivity contribution in [3.05, 3.63) is 53.0 Å². The second kappa shape index (κ2) is 8.47. The molecule has 0 saturated carbocycles. The van der Waals surface area contributed by atoms with Crippen LogP contribution in [0.5, 0.6) is 0 Å². The van der Waals surface area contributed by atoms with E-state index in [1.54, 1.807) is 17.4 Å². The van der Waals surface area contributed by atoms with Crippen molar-refractivity contribution in [2.75, 3.05) is 32.7 Å². The monoisotopic (exact) mass is 376 g/mol. The summed E-state index contributed by atoms with van der Waals surface area (Å²) in [6, 6.07) is 7.73. The van der Waals surface area contributed by atoms with Crippen LogP contribution in [0.25, 0.3) is 10.6 Å². The zero-order valence-electron chi connectivity index (χ0n) is 13.9. The number of amides is 2. The molecule has 0 radical (unpaired) electrons. The van der Waals surface area contributed by atoms with E-state index in [0.717, 1.165) is 54.0 Å². The van der Waals surface area contributed by atoms with Gasteiger partial charge in [0, 0.05) is 55.2 Å². The molecule has 132 valence electrons. The van der Waals surface area contributed by atoms with Gasteiger partial charge in [-0.2, -0.15) is 0 Å². The second-order valence-corrected chi connectivity index (χ2v) is 7.18. The highest BCUT2D eigenvalue weighted by Crippen LogP contribution is 2.25. The van der Waals surface area contributed by atoms with Crippen molar-refractivity contribution in [1.82, 2.24) is 20.1 Å². The molecule has 1 aromatic heterocycles. The number of halogens is 1. The van der Waals surface area contributed by atoms with Crippen LogP contribution in [0.15, 0.2) is 42.3 Å². The van der Waals surface area contributed by atoms with Crippen molar-refractivity contribution in [3.8, 4) is 10.6 Å². The summed E-state index contributed by atoms with van der Waals surface area (Å²) < 4.78 is 0. The summed E-state index contributed by atoms with van der Waals surface area (Å²) in [5.74, 6) is 0. The van der Waals surface area contributed by atoms with Crippen LogP contribution in [0.4, 0.5) is 4.79 Å². The zero-order chi connectivity index (χ0) is 17.6. The van der Waals surface area contributed by atoms with E-state index < -0.39 is 0 Å². The number of hydrogen-bond acceptors (Lipinski definition) is 4. The number of carbonyl (C=O) groups is 1. The molecular formula is C18H21ClN4OS. The molecular weight excluding hydrogens is 356 g/mol. The molecule has 2 aromatic rings. The predicted octanol–water partition coefficient (Wildman–Crippen LogP) is 3.48. The molecule has 0 aliphatic carbocycles. The van der Waals surface area contributed by atoms with Gasteiger partial charge in [-0.1, -0.05) is 29.8 Å². The molecule has 3 rings (SSSR count). The zero-order valence-corrected chi connectivity index (χ0v) is 15.5. The second-order valence-electron chi connectivity index (χ2n) is 5.89. The number of nitrogens with zero attached hydrogens (tertiary/aromatic N) is 3. The number of piperazine rings is 1. The Morgan fingerprint density at radius 2 is 2.00 bits per heavy atom. The van der Waals surface area contributed by atoms with Gasteiger partial charge in [0.1, 0.15) is 5.01 Å². The minimum atomic E-state index is -0.0155. The minimum absolute atomic E-state index is 0.0155. The summed E-state index contributed by atoms with van der Waals surface area (Å²) in [7, 11) is 0. The van der Waals surface area contributed by atoms with Gasteiger partial charge in [-0.3, -0.25) is 4.90 Å². The molecule has 1 saturated heterocycles. The number of rotatable bonds is 5. The first-order valence-corrected chi connectivity index (χ1v) is 9.48. The number of hydrogen-bond donors (Lipinski definition) is 1. The van der Waals surface area contributed by atoms with E-state index in [9.17, 15) is 4.79 Å². The van der Waals surface area contributed by atoms with Crippen LogP contribution in [0.3, 0.4) is 0 Å². The quantitative estimate of drug-likeness (QED) is 0.813. The molecule has 1 aliphatic heterocycles. The van der Waals surface area contributed by atoms with Crippen molar-refractivity contribution < 1.29 is 4.79 Å². The Morgan fingerprint density at radius 3 is 2.68 bits per heavy atom. The number of aromatic nitrogens is 1. The van der Waals surface area contributed by atoms with E-state index in [2.05, 4.69) is 22.2 Å². The Hall–Kier alpha value is -1.89. The van der Waals surface area contributed by atoms with E-state index >= 15 is 0 Å². The largest absolute Gasteiger partial charge is 0.335 e. The molecule has 25 heavy (non-hydrogen) atoms. The van der Waals surface area contributed by atoms with Crippen LogP contribution in [-0.2, 0) is 6.54 Å². The van der Waals surface area contributed by atoms with Gasteiger partial charge < -0.3 is 10.2 Å². The fraction of sp³-hybridized carbons (Fsp3) is 0.333. The molecule has 0 spiro atoms. The average molecular weight is 377 g/mol. The summed E-state index contributed by atoms with van der Waals surface area (Å²) >= 11 is 7.58. The maximum absolute atomic E-state index is 11.9. The first-order valence-electron chi connectivity index (χ1n) is 8.22. The third-order valence-corrected chi connectivity index (χ3v) is 5.28. The van der Waals surface area contributed by atoms with Crippen molar-refractivity contribution in [2.24, 2.45) is 0 Å². The standard InChI is InChI=1S/C18H21ClN4OS/c1-2-7-20-18(24)23-10-8-22(9-11-23)12-16-13-25-17(21-16)14-3-5-15(19)6-4-14/h2-6,13H,1,7-12H2,(H,20,24). The third kappa shape index (κ3) is 4.81. The molecule has 0 atom stereocenters. The molecule has 2 heterocycles. The lowest BCUT2D eigenvalue weighted by atomic mass is 10.2. The molecule has 1 N–H and O–H groups in total. The van der Waals surface area contributed by atoms with Gasteiger partial charge >= 0.3 is 6.03 Å². The van der Waals surface area contributed by atoms with E-state index in [4.69, 9.17) is 16.6 Å². The summed E-state index contributed by atoms with van der Waals surface area (Å²) in [6.07, 6.45) is 1.69. The molecule has 0 unspecified atom stereocenters. The maximum atomic E-state index is 11.9. The highest BCUT2D eigenvalue weighted by atomic mass is 35.5. The van der Waals surface area contributed by atoms with E-state index in [0.29, 0.717) is 6.54 Å². The number of thiazole rings is 1. The first-order chi connectivity index (χ1) is 12.2. The smallest absolute Gasteiger partial charge is 0.317 e. The lowest BCUT2D eigenvalue weighted by Gasteiger charge is -2.34. The van der Waals surface area contributed by atoms with Gasteiger partial charge in [0.05, 0.1) is 5.69 Å². The molecule has 5 nitrogen and oxygen atoms in total. The van der Waals surface area contributed by atoms with Gasteiger partial charge in [-0.05, 0) is 12.1 Å². The summed E-state index contributed by atoms with van der Waals surface area (Å²) in [5.41, 5.74) is 2.16. The Labute approximate surface area is 156 Å². The molecule has 2 amide bonds. The normalized spacial score (nSPS) is 15.2. The number of carbonyl (C=O) groups excluding carboxylic acids is 1. The number of benzene rings is 1. The fourth-order valence-corrected chi connectivity index (χ4v) is 3.66. The van der Waals surface area contributed by atoms with Gasteiger partial charge in [0.15, 0.2) is 0 Å². The maximum Gasteiger partial charge on any atom is 0.317 e. The van der Waals surface area contributed by atoms with Crippen LogP contribution >= 0.6 is 22.9 Å². The van der Waals surface area contributed by atoms with Crippen molar-refractivity contribution in [1.29, 1.82) is 0 Å². The lowest BCUT2D eigenvalue weighted by Crippen LogP contribution is -2.51. The van der Waals surface area contributed by atoms with Gasteiger partial charge in [0.25, 0.3) is 0 Å². The number of nitrogens with one attached hydrogen (secondary N) is 1. The Bertz CT molecular complexity index is 723. The molecule has 1 aliphatic rings. The van der Waals surface area contributed by atoms with E-state index in [1.807, 2.05) is 29.2 Å².